The van der Waals surface area contributed by atoms with E-state index in [0.29, 0.717) is 11.0 Å². The Bertz CT molecular complexity index is 1500. The van der Waals surface area contributed by atoms with Crippen molar-refractivity contribution in [3.8, 4) is 0 Å². The zero-order valence-corrected chi connectivity index (χ0v) is 20.1. The van der Waals surface area contributed by atoms with Crippen LogP contribution in [0.5, 0.6) is 0 Å². The van der Waals surface area contributed by atoms with Crippen LogP contribution in [-0.4, -0.2) is 49.6 Å². The number of pyridine rings is 1. The number of halogens is 3. The smallest absolute Gasteiger partial charge is 0.416 e. The third kappa shape index (κ3) is 5.25. The lowest BCUT2D eigenvalue weighted by molar-refractivity contribution is -0.137. The molecule has 0 saturated carbocycles. The van der Waals surface area contributed by atoms with Gasteiger partial charge in [0.1, 0.15) is 17.8 Å². The molecule has 3 aromatic rings. The van der Waals surface area contributed by atoms with Crippen molar-refractivity contribution in [2.75, 3.05) is 23.7 Å². The van der Waals surface area contributed by atoms with Crippen molar-refractivity contribution in [3.63, 3.8) is 0 Å². The molecule has 0 spiro atoms. The molecule has 0 saturated heterocycles. The number of carboxylic acid groups (broad SMARTS) is 1. The minimum Gasteiger partial charge on any atom is -0.465 e. The fourth-order valence-electron chi connectivity index (χ4n) is 4.14. The molecule has 0 bridgehead atoms. The summed E-state index contributed by atoms with van der Waals surface area (Å²) < 4.78 is 41.8. The van der Waals surface area contributed by atoms with Gasteiger partial charge in [0.05, 0.1) is 17.0 Å². The summed E-state index contributed by atoms with van der Waals surface area (Å²) in [6.07, 6.45) is -2.85. The van der Waals surface area contributed by atoms with Gasteiger partial charge in [-0.3, -0.25) is 14.2 Å². The Morgan fingerprint density at radius 2 is 1.89 bits per heavy atom. The lowest BCUT2D eigenvalue weighted by Gasteiger charge is -2.20. The van der Waals surface area contributed by atoms with Gasteiger partial charge in [0.15, 0.2) is 0 Å². The molecule has 2 amide bonds. The number of alkyl halides is 3. The zero-order valence-electron chi connectivity index (χ0n) is 20.1. The predicted octanol–water partition coefficient (Wildman–Crippen LogP) is 3.86. The highest BCUT2D eigenvalue weighted by molar-refractivity contribution is 5.91. The largest absolute Gasteiger partial charge is 0.465 e. The number of carbonyl (C=O) groups excluding carboxylic acids is 1. The van der Waals surface area contributed by atoms with Crippen molar-refractivity contribution in [2.24, 2.45) is 7.05 Å². The van der Waals surface area contributed by atoms with Crippen molar-refractivity contribution in [2.45, 2.75) is 26.1 Å². The molecule has 0 fully saturated rings. The molecule has 194 valence electrons. The first-order chi connectivity index (χ1) is 17.3. The zero-order chi connectivity index (χ0) is 27.1. The Balaban J connectivity index is 1.75. The van der Waals surface area contributed by atoms with E-state index in [0.717, 1.165) is 17.0 Å². The van der Waals surface area contributed by atoms with Crippen LogP contribution in [0.2, 0.25) is 0 Å². The second-order valence-corrected chi connectivity index (χ2v) is 8.66. The predicted molar refractivity (Wildman–Crippen MR) is 130 cm³/mol. The van der Waals surface area contributed by atoms with Gasteiger partial charge in [-0.25, -0.2) is 14.8 Å². The molecule has 4 rings (SSSR count). The second-order valence-electron chi connectivity index (χ2n) is 8.66. The van der Waals surface area contributed by atoms with Crippen molar-refractivity contribution >= 4 is 40.1 Å². The standard InChI is InChI=1S/C24H23F3N6O4/c1-12(15-6-16(24(25,26)27)8-17(7-15)31-13(2)34)30-20-19-9-18(14-4-5-33(10-14)23(36)37)22(35)32(3)21(19)29-11-28-20/h4,6-9,11-12H,5,10H2,1-3H3,(H,31,34)(H,36,37)(H,28,29,30). The molecule has 0 radical (unpaired) electrons. The van der Waals surface area contributed by atoms with Gasteiger partial charge < -0.3 is 20.6 Å². The number of hydrogen-bond acceptors (Lipinski definition) is 6. The van der Waals surface area contributed by atoms with Crippen LogP contribution >= 0.6 is 0 Å². The maximum Gasteiger partial charge on any atom is 0.416 e. The molecule has 0 aliphatic carbocycles. The Morgan fingerprint density at radius 3 is 2.51 bits per heavy atom. The van der Waals surface area contributed by atoms with Crippen LogP contribution in [0.3, 0.4) is 0 Å². The number of hydrogen-bond donors (Lipinski definition) is 3. The first-order valence-electron chi connectivity index (χ1n) is 11.1. The number of rotatable bonds is 5. The van der Waals surface area contributed by atoms with Gasteiger partial charge in [0.2, 0.25) is 5.91 Å². The summed E-state index contributed by atoms with van der Waals surface area (Å²) >= 11 is 0. The Hall–Kier alpha value is -4.42. The van der Waals surface area contributed by atoms with Crippen molar-refractivity contribution in [1.82, 2.24) is 19.4 Å². The number of carbonyl (C=O) groups is 2. The molecule has 1 aromatic carbocycles. The SMILES string of the molecule is CC(=O)Nc1cc(C(C)Nc2ncnc3c2cc(C2=CCN(C(=O)O)C2)c(=O)n3C)cc(C(F)(F)F)c1. The van der Waals surface area contributed by atoms with E-state index in [4.69, 9.17) is 0 Å². The fraction of sp³-hybridized carbons (Fsp3) is 0.292. The highest BCUT2D eigenvalue weighted by Crippen LogP contribution is 2.34. The summed E-state index contributed by atoms with van der Waals surface area (Å²) in [5, 5.41) is 15.1. The molecular formula is C24H23F3N6O4. The number of fused-ring (bicyclic) bond motifs is 1. The molecule has 37 heavy (non-hydrogen) atoms. The van der Waals surface area contributed by atoms with E-state index in [1.807, 2.05) is 0 Å². The third-order valence-corrected chi connectivity index (χ3v) is 6.00. The summed E-state index contributed by atoms with van der Waals surface area (Å²) in [6.45, 7) is 3.02. The van der Waals surface area contributed by atoms with Crippen molar-refractivity contribution in [3.05, 3.63) is 63.7 Å². The lowest BCUT2D eigenvalue weighted by Crippen LogP contribution is -2.28. The quantitative estimate of drug-likeness (QED) is 0.470. The summed E-state index contributed by atoms with van der Waals surface area (Å²) in [4.78, 5) is 45.3. The molecule has 3 N–H and O–H groups in total. The summed E-state index contributed by atoms with van der Waals surface area (Å²) in [6, 6.07) is 4.13. The molecule has 1 aliphatic heterocycles. The minimum absolute atomic E-state index is 0.000594. The lowest BCUT2D eigenvalue weighted by atomic mass is 10.0. The maximum absolute atomic E-state index is 13.5. The van der Waals surface area contributed by atoms with E-state index in [-0.39, 0.29) is 46.9 Å². The van der Waals surface area contributed by atoms with Crippen LogP contribution in [0.15, 0.2) is 41.5 Å². The van der Waals surface area contributed by atoms with E-state index in [9.17, 15) is 32.7 Å². The van der Waals surface area contributed by atoms with Crippen molar-refractivity contribution < 1.29 is 27.9 Å². The molecule has 10 nitrogen and oxygen atoms in total. The van der Waals surface area contributed by atoms with Crippen LogP contribution in [0.4, 0.5) is 29.5 Å². The van der Waals surface area contributed by atoms with Gasteiger partial charge in [0.25, 0.3) is 5.56 Å². The van der Waals surface area contributed by atoms with Crippen LogP contribution in [0.25, 0.3) is 16.6 Å². The van der Waals surface area contributed by atoms with E-state index in [1.165, 1.54) is 30.9 Å². The van der Waals surface area contributed by atoms with Crippen LogP contribution in [-0.2, 0) is 18.0 Å². The molecule has 13 heteroatoms. The van der Waals surface area contributed by atoms with E-state index in [2.05, 4.69) is 20.6 Å². The van der Waals surface area contributed by atoms with Crippen LogP contribution < -0.4 is 16.2 Å². The summed E-state index contributed by atoms with van der Waals surface area (Å²) in [5.74, 6) is -0.245. The molecular weight excluding hydrogens is 493 g/mol. The molecule has 1 atom stereocenters. The topological polar surface area (TPSA) is 129 Å². The monoisotopic (exact) mass is 516 g/mol. The third-order valence-electron chi connectivity index (χ3n) is 6.00. The number of nitrogens with one attached hydrogen (secondary N) is 2. The first kappa shape index (κ1) is 25.7. The minimum atomic E-state index is -4.63. The number of aryl methyl sites for hydroxylation is 1. The number of aromatic nitrogens is 3. The van der Waals surface area contributed by atoms with Gasteiger partial charge in [-0.05, 0) is 42.3 Å². The first-order valence-corrected chi connectivity index (χ1v) is 11.1. The molecule has 3 heterocycles. The molecule has 1 unspecified atom stereocenters. The molecule has 2 aromatic heterocycles. The Morgan fingerprint density at radius 1 is 1.16 bits per heavy atom. The van der Waals surface area contributed by atoms with Gasteiger partial charge in [-0.15, -0.1) is 0 Å². The van der Waals surface area contributed by atoms with Gasteiger partial charge in [0, 0.05) is 38.3 Å². The maximum atomic E-state index is 13.5. The van der Waals surface area contributed by atoms with Gasteiger partial charge in [-0.1, -0.05) is 6.08 Å². The highest BCUT2D eigenvalue weighted by atomic mass is 19.4. The summed E-state index contributed by atoms with van der Waals surface area (Å²) in [5.41, 5.74) is 0.0413. The van der Waals surface area contributed by atoms with Gasteiger partial charge >= 0.3 is 12.3 Å². The highest BCUT2D eigenvalue weighted by Gasteiger charge is 2.32. The van der Waals surface area contributed by atoms with Crippen molar-refractivity contribution in [1.29, 1.82) is 0 Å². The fourth-order valence-corrected chi connectivity index (χ4v) is 4.14. The number of benzene rings is 1. The number of anilines is 2. The van der Waals surface area contributed by atoms with Crippen LogP contribution in [0, 0.1) is 0 Å². The van der Waals surface area contributed by atoms with E-state index in [1.54, 1.807) is 19.1 Å². The number of nitrogens with zero attached hydrogens (tertiary/aromatic N) is 4. The second kappa shape index (κ2) is 9.56. The average molecular weight is 516 g/mol. The van der Waals surface area contributed by atoms with Gasteiger partial charge in [-0.2, -0.15) is 13.2 Å². The van der Waals surface area contributed by atoms with E-state index >= 15 is 0 Å². The summed E-state index contributed by atoms with van der Waals surface area (Å²) in [7, 11) is 1.52. The normalized spacial score (nSPS) is 14.4. The number of amides is 2. The Kier molecular flexibility index (Phi) is 6.63. The van der Waals surface area contributed by atoms with E-state index < -0.39 is 29.8 Å². The van der Waals surface area contributed by atoms with Crippen LogP contribution in [0.1, 0.15) is 36.6 Å². The average Bonchev–Trinajstić information content (AvgIpc) is 3.31. The molecule has 1 aliphatic rings. The Labute approximate surface area is 208 Å².